The van der Waals surface area contributed by atoms with Crippen LogP contribution >= 0.6 is 15.9 Å². The van der Waals surface area contributed by atoms with Gasteiger partial charge in [0.1, 0.15) is 5.92 Å². The molecule has 0 aliphatic heterocycles. The van der Waals surface area contributed by atoms with Crippen molar-refractivity contribution in [2.24, 2.45) is 5.92 Å². The highest BCUT2D eigenvalue weighted by atomic mass is 79.9. The van der Waals surface area contributed by atoms with E-state index < -0.39 is 11.9 Å². The molecule has 0 bridgehead atoms. The normalized spacial score (nSPS) is 12.1. The molecule has 1 atom stereocenters. The summed E-state index contributed by atoms with van der Waals surface area (Å²) >= 11 is 3.48. The summed E-state index contributed by atoms with van der Waals surface area (Å²) in [6.45, 7) is 5.91. The number of aryl methyl sites for hydroxylation is 2. The monoisotopic (exact) mass is 340 g/mol. The molecule has 1 aromatic rings. The van der Waals surface area contributed by atoms with Gasteiger partial charge in [-0.2, -0.15) is 0 Å². The number of ether oxygens (including phenoxy) is 1. The molecule has 0 radical (unpaired) electrons. The lowest BCUT2D eigenvalue weighted by Gasteiger charge is -2.14. The molecular weight excluding hydrogens is 320 g/mol. The van der Waals surface area contributed by atoms with Crippen molar-refractivity contribution in [1.82, 2.24) is 0 Å². The smallest absolute Gasteiger partial charge is 0.316 e. The first-order valence-electron chi connectivity index (χ1n) is 6.81. The molecule has 0 saturated heterocycles. The lowest BCUT2D eigenvalue weighted by Crippen LogP contribution is -2.25. The minimum atomic E-state index is -0.695. The van der Waals surface area contributed by atoms with Gasteiger partial charge in [0.05, 0.1) is 7.11 Å². The fraction of sp³-hybridized carbons (Fsp3) is 0.500. The number of Topliss-reactive ketones (excluding diaryl/α,β-unsaturated/α-hetero) is 1. The number of unbranched alkanes of at least 4 members (excludes halogenated alkanes) is 1. The average Bonchev–Trinajstić information content (AvgIpc) is 2.43. The molecule has 20 heavy (non-hydrogen) atoms. The zero-order valence-corrected chi connectivity index (χ0v) is 14.0. The van der Waals surface area contributed by atoms with Crippen LogP contribution in [0.15, 0.2) is 16.6 Å². The Bertz CT molecular complexity index is 485. The van der Waals surface area contributed by atoms with Crippen molar-refractivity contribution in [2.75, 3.05) is 7.11 Å². The SMILES string of the molecule is CCCCC(C(=O)OC)C(=O)c1cc(C)c(Br)c(C)c1. The molecule has 1 unspecified atom stereocenters. The Balaban J connectivity index is 3.08. The number of hydrogen-bond acceptors (Lipinski definition) is 3. The predicted octanol–water partition coefficient (Wildman–Crippen LogP) is 4.23. The molecule has 0 spiro atoms. The van der Waals surface area contributed by atoms with Crippen molar-refractivity contribution < 1.29 is 14.3 Å². The fourth-order valence-electron chi connectivity index (χ4n) is 2.20. The van der Waals surface area contributed by atoms with E-state index in [-0.39, 0.29) is 5.78 Å². The number of esters is 1. The van der Waals surface area contributed by atoms with E-state index >= 15 is 0 Å². The van der Waals surface area contributed by atoms with Crippen LogP contribution < -0.4 is 0 Å². The third-order valence-electron chi connectivity index (χ3n) is 3.37. The van der Waals surface area contributed by atoms with Gasteiger partial charge in [-0.1, -0.05) is 35.7 Å². The Kier molecular flexibility index (Phi) is 6.40. The van der Waals surface area contributed by atoms with E-state index in [2.05, 4.69) is 15.9 Å². The lowest BCUT2D eigenvalue weighted by molar-refractivity contribution is -0.143. The number of benzene rings is 1. The van der Waals surface area contributed by atoms with Gasteiger partial charge in [-0.15, -0.1) is 0 Å². The quantitative estimate of drug-likeness (QED) is 0.442. The van der Waals surface area contributed by atoms with E-state index in [4.69, 9.17) is 4.74 Å². The molecule has 1 rings (SSSR count). The summed E-state index contributed by atoms with van der Waals surface area (Å²) in [6.07, 6.45) is 2.31. The number of rotatable bonds is 6. The number of hydrogen-bond donors (Lipinski definition) is 0. The van der Waals surface area contributed by atoms with Crippen LogP contribution in [0.25, 0.3) is 0 Å². The highest BCUT2D eigenvalue weighted by Crippen LogP contribution is 2.25. The van der Waals surface area contributed by atoms with Crippen LogP contribution in [0.2, 0.25) is 0 Å². The Morgan fingerprint density at radius 2 is 1.80 bits per heavy atom. The zero-order valence-electron chi connectivity index (χ0n) is 12.5. The van der Waals surface area contributed by atoms with Gasteiger partial charge in [-0.25, -0.2) is 0 Å². The molecule has 0 aliphatic carbocycles. The summed E-state index contributed by atoms with van der Waals surface area (Å²) in [5.74, 6) is -1.29. The predicted molar refractivity (Wildman–Crippen MR) is 83.0 cm³/mol. The third-order valence-corrected chi connectivity index (χ3v) is 4.62. The molecule has 0 aliphatic rings. The number of carbonyl (C=O) groups excluding carboxylic acids is 2. The molecule has 0 N–H and O–H groups in total. The van der Waals surface area contributed by atoms with E-state index in [0.29, 0.717) is 12.0 Å². The Morgan fingerprint density at radius 1 is 1.25 bits per heavy atom. The lowest BCUT2D eigenvalue weighted by atomic mass is 9.91. The van der Waals surface area contributed by atoms with Crippen molar-refractivity contribution >= 4 is 27.7 Å². The number of ketones is 1. The molecule has 4 heteroatoms. The second-order valence-electron chi connectivity index (χ2n) is 5.01. The van der Waals surface area contributed by atoms with E-state index in [1.54, 1.807) is 0 Å². The van der Waals surface area contributed by atoms with Gasteiger partial charge in [-0.05, 0) is 43.5 Å². The van der Waals surface area contributed by atoms with Crippen LogP contribution in [0.5, 0.6) is 0 Å². The highest BCUT2D eigenvalue weighted by molar-refractivity contribution is 9.10. The van der Waals surface area contributed by atoms with Crippen LogP contribution in [0.4, 0.5) is 0 Å². The van der Waals surface area contributed by atoms with Gasteiger partial charge in [0.2, 0.25) is 0 Å². The Morgan fingerprint density at radius 3 is 2.25 bits per heavy atom. The van der Waals surface area contributed by atoms with Crippen molar-refractivity contribution in [3.8, 4) is 0 Å². The van der Waals surface area contributed by atoms with Crippen LogP contribution in [0, 0.1) is 19.8 Å². The first kappa shape index (κ1) is 16.9. The van der Waals surface area contributed by atoms with Crippen molar-refractivity contribution in [3.05, 3.63) is 33.3 Å². The maximum atomic E-state index is 12.6. The summed E-state index contributed by atoms with van der Waals surface area (Å²) in [5, 5.41) is 0. The molecule has 3 nitrogen and oxygen atoms in total. The summed E-state index contributed by atoms with van der Waals surface area (Å²) in [6, 6.07) is 3.64. The molecule has 0 fully saturated rings. The van der Waals surface area contributed by atoms with E-state index in [1.165, 1.54) is 7.11 Å². The molecule has 110 valence electrons. The molecule has 0 saturated carbocycles. The number of halogens is 1. The Labute approximate surface area is 128 Å². The number of carbonyl (C=O) groups is 2. The number of methoxy groups -OCH3 is 1. The topological polar surface area (TPSA) is 43.4 Å². The second-order valence-corrected chi connectivity index (χ2v) is 5.80. The molecule has 0 aromatic heterocycles. The Hall–Kier alpha value is -1.16. The van der Waals surface area contributed by atoms with Gasteiger partial charge in [0, 0.05) is 10.0 Å². The summed E-state index contributed by atoms with van der Waals surface area (Å²) in [4.78, 5) is 24.4. The first-order chi connectivity index (χ1) is 9.42. The molecule has 1 aromatic carbocycles. The zero-order chi connectivity index (χ0) is 15.3. The third kappa shape index (κ3) is 3.92. The maximum absolute atomic E-state index is 12.6. The summed E-state index contributed by atoms with van der Waals surface area (Å²) in [7, 11) is 1.33. The second kappa shape index (κ2) is 7.58. The van der Waals surface area contributed by atoms with Gasteiger partial charge >= 0.3 is 5.97 Å². The van der Waals surface area contributed by atoms with Crippen molar-refractivity contribution in [1.29, 1.82) is 0 Å². The average molecular weight is 341 g/mol. The summed E-state index contributed by atoms with van der Waals surface area (Å²) < 4.78 is 5.76. The standard InChI is InChI=1S/C16H21BrO3/c1-5-6-7-13(16(19)20-4)15(18)12-8-10(2)14(17)11(3)9-12/h8-9,13H,5-7H2,1-4H3. The van der Waals surface area contributed by atoms with Crippen LogP contribution in [-0.2, 0) is 9.53 Å². The minimum Gasteiger partial charge on any atom is -0.468 e. The first-order valence-corrected chi connectivity index (χ1v) is 7.60. The van der Waals surface area contributed by atoms with E-state index in [0.717, 1.165) is 28.4 Å². The molecule has 0 amide bonds. The maximum Gasteiger partial charge on any atom is 0.316 e. The molecule has 0 heterocycles. The van der Waals surface area contributed by atoms with Gasteiger partial charge in [0.15, 0.2) is 5.78 Å². The van der Waals surface area contributed by atoms with Crippen molar-refractivity contribution in [2.45, 2.75) is 40.0 Å². The highest BCUT2D eigenvalue weighted by Gasteiger charge is 2.28. The van der Waals surface area contributed by atoms with E-state index in [9.17, 15) is 9.59 Å². The largest absolute Gasteiger partial charge is 0.468 e. The van der Waals surface area contributed by atoms with Gasteiger partial charge in [0.25, 0.3) is 0 Å². The van der Waals surface area contributed by atoms with Crippen LogP contribution in [-0.4, -0.2) is 18.9 Å². The molecular formula is C16H21BrO3. The van der Waals surface area contributed by atoms with Gasteiger partial charge < -0.3 is 4.74 Å². The fourth-order valence-corrected chi connectivity index (χ4v) is 2.42. The van der Waals surface area contributed by atoms with Crippen LogP contribution in [0.3, 0.4) is 0 Å². The van der Waals surface area contributed by atoms with Gasteiger partial charge in [-0.3, -0.25) is 9.59 Å². The van der Waals surface area contributed by atoms with Crippen molar-refractivity contribution in [3.63, 3.8) is 0 Å². The minimum absolute atomic E-state index is 0.149. The van der Waals surface area contributed by atoms with Crippen LogP contribution in [0.1, 0.15) is 47.7 Å². The summed E-state index contributed by atoms with van der Waals surface area (Å²) in [5.41, 5.74) is 2.56. The van der Waals surface area contributed by atoms with E-state index in [1.807, 2.05) is 32.9 Å².